The number of alkyl carbamates (subject to hydrolysis) is 1. The van der Waals surface area contributed by atoms with E-state index in [0.717, 1.165) is 55.9 Å². The molecule has 1 heterocycles. The van der Waals surface area contributed by atoms with Crippen molar-refractivity contribution in [2.24, 2.45) is 0 Å². The number of rotatable bonds is 22. The SMILES string of the molecule is CCCCCCC(CCCCCC)c1nc(CCCc2ccccc2)cc(-c2ccc(CNCCCNC(=O)OC(C)(C)C)cc2)n1. The van der Waals surface area contributed by atoms with E-state index >= 15 is 0 Å². The van der Waals surface area contributed by atoms with Crippen molar-refractivity contribution in [2.45, 2.75) is 143 Å². The zero-order valence-electron chi connectivity index (χ0n) is 30.1. The molecule has 258 valence electrons. The monoisotopic (exact) mass is 642 g/mol. The van der Waals surface area contributed by atoms with Gasteiger partial charge in [0.15, 0.2) is 0 Å². The molecule has 0 atom stereocenters. The normalized spacial score (nSPS) is 11.6. The number of unbranched alkanes of at least 4 members (excludes halogenated alkanes) is 6. The Kier molecular flexibility index (Phi) is 17.5. The molecule has 3 rings (SSSR count). The van der Waals surface area contributed by atoms with Gasteiger partial charge < -0.3 is 15.4 Å². The van der Waals surface area contributed by atoms with Crippen LogP contribution in [0.15, 0.2) is 60.7 Å². The van der Waals surface area contributed by atoms with Crippen molar-refractivity contribution in [3.8, 4) is 11.3 Å². The van der Waals surface area contributed by atoms with Crippen LogP contribution in [0, 0.1) is 0 Å². The van der Waals surface area contributed by atoms with E-state index in [0.29, 0.717) is 12.5 Å². The summed E-state index contributed by atoms with van der Waals surface area (Å²) in [6.45, 7) is 12.4. The number of hydrogen-bond acceptors (Lipinski definition) is 5. The van der Waals surface area contributed by atoms with E-state index in [1.54, 1.807) is 0 Å². The van der Waals surface area contributed by atoms with Gasteiger partial charge in [-0.3, -0.25) is 0 Å². The van der Waals surface area contributed by atoms with Crippen molar-refractivity contribution >= 4 is 6.09 Å². The predicted octanol–water partition coefficient (Wildman–Crippen LogP) is 10.3. The van der Waals surface area contributed by atoms with Crippen LogP contribution in [0.3, 0.4) is 0 Å². The quantitative estimate of drug-likeness (QED) is 0.107. The number of ether oxygens (including phenoxy) is 1. The Hall–Kier alpha value is -3.25. The molecule has 47 heavy (non-hydrogen) atoms. The Balaban J connectivity index is 1.67. The molecule has 1 amide bonds. The number of aryl methyl sites for hydroxylation is 2. The third kappa shape index (κ3) is 15.9. The fourth-order valence-corrected chi connectivity index (χ4v) is 5.88. The highest BCUT2D eigenvalue weighted by Crippen LogP contribution is 2.29. The van der Waals surface area contributed by atoms with Crippen LogP contribution >= 0.6 is 0 Å². The standard InChI is InChI=1S/C41H62N4O2/c1-6-8-10-15-22-36(23-16-11-9-7-2)39-44-37(24-17-21-33-19-13-12-14-20-33)31-38(45-39)35-27-25-34(26-28-35)32-42-29-18-30-43-40(46)47-41(3,4)5/h12-14,19-20,25-28,31,36,42H,6-11,15-18,21-24,29-30,32H2,1-5H3,(H,43,46). The fraction of sp³-hybridized carbons (Fsp3) is 0.585. The Labute approximate surface area is 285 Å². The van der Waals surface area contributed by atoms with Gasteiger partial charge in [0.05, 0.1) is 5.69 Å². The highest BCUT2D eigenvalue weighted by atomic mass is 16.6. The van der Waals surface area contributed by atoms with E-state index in [9.17, 15) is 4.79 Å². The largest absolute Gasteiger partial charge is 0.444 e. The minimum Gasteiger partial charge on any atom is -0.444 e. The highest BCUT2D eigenvalue weighted by Gasteiger charge is 2.18. The van der Waals surface area contributed by atoms with Crippen molar-refractivity contribution in [1.29, 1.82) is 0 Å². The molecule has 2 N–H and O–H groups in total. The third-order valence-electron chi connectivity index (χ3n) is 8.49. The van der Waals surface area contributed by atoms with Crippen LogP contribution in [0.2, 0.25) is 0 Å². The van der Waals surface area contributed by atoms with Crippen molar-refractivity contribution in [3.63, 3.8) is 0 Å². The van der Waals surface area contributed by atoms with Crippen molar-refractivity contribution in [3.05, 3.63) is 83.3 Å². The molecule has 0 saturated carbocycles. The first-order valence-electron chi connectivity index (χ1n) is 18.5. The van der Waals surface area contributed by atoms with Crippen LogP contribution in [-0.4, -0.2) is 34.8 Å². The van der Waals surface area contributed by atoms with Gasteiger partial charge in [0.1, 0.15) is 11.4 Å². The Morgan fingerprint density at radius 2 is 1.43 bits per heavy atom. The van der Waals surface area contributed by atoms with Crippen LogP contribution in [0.25, 0.3) is 11.3 Å². The number of nitrogens with one attached hydrogen (secondary N) is 2. The second-order valence-corrected chi connectivity index (χ2v) is 14.0. The van der Waals surface area contributed by atoms with Crippen LogP contribution in [0.5, 0.6) is 0 Å². The van der Waals surface area contributed by atoms with Gasteiger partial charge in [-0.2, -0.15) is 0 Å². The molecule has 6 heteroatoms. The van der Waals surface area contributed by atoms with Gasteiger partial charge in [-0.15, -0.1) is 0 Å². The van der Waals surface area contributed by atoms with Crippen molar-refractivity contribution < 1.29 is 9.53 Å². The Morgan fingerprint density at radius 3 is 2.06 bits per heavy atom. The van der Waals surface area contributed by atoms with Crippen LogP contribution in [-0.2, 0) is 24.1 Å². The van der Waals surface area contributed by atoms with Gasteiger partial charge in [-0.05, 0) is 83.0 Å². The lowest BCUT2D eigenvalue weighted by molar-refractivity contribution is 0.0527. The molecule has 6 nitrogen and oxygen atoms in total. The average Bonchev–Trinajstić information content (AvgIpc) is 3.05. The number of amides is 1. The maximum atomic E-state index is 11.8. The van der Waals surface area contributed by atoms with Crippen LogP contribution in [0.4, 0.5) is 4.79 Å². The smallest absolute Gasteiger partial charge is 0.407 e. The summed E-state index contributed by atoms with van der Waals surface area (Å²) in [5.41, 5.74) is 5.50. The summed E-state index contributed by atoms with van der Waals surface area (Å²) in [5, 5.41) is 6.31. The predicted molar refractivity (Wildman–Crippen MR) is 197 cm³/mol. The molecule has 0 aliphatic carbocycles. The van der Waals surface area contributed by atoms with E-state index in [-0.39, 0.29) is 6.09 Å². The summed E-state index contributed by atoms with van der Waals surface area (Å²) >= 11 is 0. The first-order valence-corrected chi connectivity index (χ1v) is 18.5. The summed E-state index contributed by atoms with van der Waals surface area (Å²) in [6.07, 6.45) is 16.1. The lowest BCUT2D eigenvalue weighted by Crippen LogP contribution is -2.33. The van der Waals surface area contributed by atoms with Crippen LogP contribution < -0.4 is 10.6 Å². The zero-order chi connectivity index (χ0) is 33.7. The first kappa shape index (κ1) is 38.2. The molecular formula is C41H62N4O2. The van der Waals surface area contributed by atoms with E-state index in [1.165, 1.54) is 81.0 Å². The van der Waals surface area contributed by atoms with Gasteiger partial charge in [-0.1, -0.05) is 120 Å². The summed E-state index contributed by atoms with van der Waals surface area (Å²) in [5.74, 6) is 1.47. The second-order valence-electron chi connectivity index (χ2n) is 14.0. The lowest BCUT2D eigenvalue weighted by atomic mass is 9.93. The second kappa shape index (κ2) is 21.6. The summed E-state index contributed by atoms with van der Waals surface area (Å²) < 4.78 is 5.30. The molecular weight excluding hydrogens is 580 g/mol. The molecule has 0 fully saturated rings. The third-order valence-corrected chi connectivity index (χ3v) is 8.49. The number of hydrogen-bond donors (Lipinski definition) is 2. The molecule has 3 aromatic rings. The topological polar surface area (TPSA) is 76.1 Å². The maximum absolute atomic E-state index is 11.8. The number of carbonyl (C=O) groups is 1. The fourth-order valence-electron chi connectivity index (χ4n) is 5.88. The van der Waals surface area contributed by atoms with Crippen molar-refractivity contribution in [2.75, 3.05) is 13.1 Å². The molecule has 1 aromatic heterocycles. The summed E-state index contributed by atoms with van der Waals surface area (Å²) in [6, 6.07) is 21.8. The molecule has 0 aliphatic heterocycles. The van der Waals surface area contributed by atoms with E-state index in [1.807, 2.05) is 20.8 Å². The van der Waals surface area contributed by atoms with Gasteiger partial charge in [-0.25, -0.2) is 14.8 Å². The summed E-state index contributed by atoms with van der Waals surface area (Å²) in [4.78, 5) is 22.3. The molecule has 0 spiro atoms. The van der Waals surface area contributed by atoms with Gasteiger partial charge in [0, 0.05) is 30.3 Å². The maximum Gasteiger partial charge on any atom is 0.407 e. The van der Waals surface area contributed by atoms with E-state index < -0.39 is 5.60 Å². The minimum atomic E-state index is -0.476. The molecule has 0 unspecified atom stereocenters. The van der Waals surface area contributed by atoms with Gasteiger partial charge in [0.25, 0.3) is 0 Å². The molecule has 0 radical (unpaired) electrons. The average molecular weight is 643 g/mol. The summed E-state index contributed by atoms with van der Waals surface area (Å²) in [7, 11) is 0. The lowest BCUT2D eigenvalue weighted by Gasteiger charge is -2.19. The molecule has 0 saturated heterocycles. The van der Waals surface area contributed by atoms with Gasteiger partial charge in [0.2, 0.25) is 0 Å². The number of aromatic nitrogens is 2. The van der Waals surface area contributed by atoms with E-state index in [2.05, 4.69) is 85.1 Å². The number of carbonyl (C=O) groups excluding carboxylic acids is 1. The van der Waals surface area contributed by atoms with Crippen molar-refractivity contribution in [1.82, 2.24) is 20.6 Å². The number of nitrogens with zero attached hydrogens (tertiary/aromatic N) is 2. The minimum absolute atomic E-state index is 0.361. The Bertz CT molecular complexity index is 1260. The first-order chi connectivity index (χ1) is 22.8. The highest BCUT2D eigenvalue weighted by molar-refractivity contribution is 5.67. The molecule has 0 aliphatic rings. The number of benzene rings is 2. The van der Waals surface area contributed by atoms with Crippen LogP contribution in [0.1, 0.15) is 140 Å². The molecule has 2 aromatic carbocycles. The van der Waals surface area contributed by atoms with E-state index in [4.69, 9.17) is 14.7 Å². The Morgan fingerprint density at radius 1 is 0.745 bits per heavy atom. The van der Waals surface area contributed by atoms with Gasteiger partial charge >= 0.3 is 6.09 Å². The molecule has 0 bridgehead atoms. The zero-order valence-corrected chi connectivity index (χ0v) is 30.1.